The summed E-state index contributed by atoms with van der Waals surface area (Å²) in [6.07, 6.45) is 1.30. The van der Waals surface area contributed by atoms with E-state index in [0.717, 1.165) is 0 Å². The van der Waals surface area contributed by atoms with Crippen molar-refractivity contribution in [3.63, 3.8) is 0 Å². The fourth-order valence-corrected chi connectivity index (χ4v) is 3.40. The van der Waals surface area contributed by atoms with E-state index in [2.05, 4.69) is 37.5 Å². The standard InChI is InChI=1S/C3H8Br2Si/c1-2-3-6(4)5/h6H,2-3H2,1H3/p+1. The smallest absolute Gasteiger partial charge is 0.116 e. The molecule has 0 aliphatic heterocycles. The maximum atomic E-state index is 3.49. The van der Waals surface area contributed by atoms with Gasteiger partial charge in [0.2, 0.25) is 0 Å². The molecule has 0 saturated heterocycles. The SMILES string of the molecule is CCC[SiH](Br)Br.[H+]. The number of hydrogen-bond donors (Lipinski definition) is 0. The summed E-state index contributed by atoms with van der Waals surface area (Å²) in [5.41, 5.74) is 0. The highest BCUT2D eigenvalue weighted by Crippen LogP contribution is 2.09. The van der Waals surface area contributed by atoms with Gasteiger partial charge in [0.1, 0.15) is 0 Å². The van der Waals surface area contributed by atoms with Gasteiger partial charge in [0.15, 0.2) is 6.04 Å². The van der Waals surface area contributed by atoms with E-state index in [4.69, 9.17) is 0 Å². The summed E-state index contributed by atoms with van der Waals surface area (Å²) >= 11 is 6.98. The van der Waals surface area contributed by atoms with Crippen LogP contribution in [0.15, 0.2) is 0 Å². The molecule has 0 atom stereocenters. The van der Waals surface area contributed by atoms with Crippen molar-refractivity contribution in [1.29, 1.82) is 0 Å². The largest absolute Gasteiger partial charge is 1.00 e. The summed E-state index contributed by atoms with van der Waals surface area (Å²) in [5.74, 6) is 0. The molecular weight excluding hydrogens is 224 g/mol. The molecule has 0 amide bonds. The summed E-state index contributed by atoms with van der Waals surface area (Å²) in [4.78, 5) is 0. The highest BCUT2D eigenvalue weighted by atomic mass is 79.9. The first-order valence-corrected chi connectivity index (χ1v) is 9.24. The lowest BCUT2D eigenvalue weighted by atomic mass is 10.6. The average Bonchev–Trinajstić information content (AvgIpc) is 1.35. The Morgan fingerprint density at radius 3 is 2.17 bits per heavy atom. The van der Waals surface area contributed by atoms with E-state index in [1.54, 1.807) is 0 Å². The van der Waals surface area contributed by atoms with Gasteiger partial charge in [0.05, 0.1) is 0 Å². The van der Waals surface area contributed by atoms with Crippen LogP contribution in [0.5, 0.6) is 0 Å². The normalized spacial score (nSPS) is 10.0. The van der Waals surface area contributed by atoms with Gasteiger partial charge in [0.25, 0.3) is 0 Å². The van der Waals surface area contributed by atoms with Crippen LogP contribution in [0.4, 0.5) is 0 Å². The lowest BCUT2D eigenvalue weighted by Gasteiger charge is -1.88. The van der Waals surface area contributed by atoms with Gasteiger partial charge in [-0.05, 0) is 6.04 Å². The van der Waals surface area contributed by atoms with Crippen LogP contribution < -0.4 is 0 Å². The van der Waals surface area contributed by atoms with Crippen molar-refractivity contribution in [3.8, 4) is 0 Å². The first-order valence-electron chi connectivity index (χ1n) is 2.05. The third-order valence-corrected chi connectivity index (χ3v) is 4.27. The lowest BCUT2D eigenvalue weighted by Crippen LogP contribution is -1.84. The third kappa shape index (κ3) is 5.18. The summed E-state index contributed by atoms with van der Waals surface area (Å²) < 4.78 is 0. The van der Waals surface area contributed by atoms with Crippen molar-refractivity contribution in [2.24, 2.45) is 0 Å². The molecule has 0 heterocycles. The van der Waals surface area contributed by atoms with E-state index in [0.29, 0.717) is 0 Å². The van der Waals surface area contributed by atoms with E-state index in [9.17, 15) is 0 Å². The third-order valence-electron chi connectivity index (χ3n) is 0.507. The van der Waals surface area contributed by atoms with Gasteiger partial charge >= 0.3 is 1.43 Å². The molecule has 0 aromatic carbocycles. The van der Waals surface area contributed by atoms with Gasteiger partial charge in [-0.2, -0.15) is 0 Å². The molecular formula is C3H9Br2Si+. The maximum Gasteiger partial charge on any atom is 1.00 e. The van der Waals surface area contributed by atoms with Crippen LogP contribution in [0.3, 0.4) is 0 Å². The Morgan fingerprint density at radius 1 is 1.67 bits per heavy atom. The Labute approximate surface area is 57.6 Å². The molecule has 0 aromatic heterocycles. The molecule has 0 saturated carbocycles. The molecule has 0 aliphatic carbocycles. The molecule has 6 heavy (non-hydrogen) atoms. The van der Waals surface area contributed by atoms with Gasteiger partial charge in [-0.3, -0.25) is 0 Å². The van der Waals surface area contributed by atoms with E-state index in [1.807, 2.05) is 0 Å². The lowest BCUT2D eigenvalue weighted by molar-refractivity contribution is 1.08. The quantitative estimate of drug-likeness (QED) is 0.507. The molecule has 0 aliphatic rings. The predicted molar refractivity (Wildman–Crippen MR) is 41.2 cm³/mol. The van der Waals surface area contributed by atoms with Gasteiger partial charge in [-0.1, -0.05) is 13.3 Å². The van der Waals surface area contributed by atoms with E-state index >= 15 is 0 Å². The maximum absolute atomic E-state index is 3.49. The van der Waals surface area contributed by atoms with Crippen molar-refractivity contribution in [1.82, 2.24) is 0 Å². The molecule has 0 N–H and O–H groups in total. The van der Waals surface area contributed by atoms with Crippen LogP contribution in [-0.2, 0) is 0 Å². The molecule has 3 heteroatoms. The molecule has 0 nitrogen and oxygen atoms in total. The van der Waals surface area contributed by atoms with Gasteiger partial charge < -0.3 is 0 Å². The second-order valence-electron chi connectivity index (χ2n) is 1.18. The number of hydrogen-bond acceptors (Lipinski definition) is 0. The Bertz CT molecular complexity index is 34.1. The topological polar surface area (TPSA) is 0 Å². The average molecular weight is 233 g/mol. The summed E-state index contributed by atoms with van der Waals surface area (Å²) in [6.45, 7) is 2.20. The molecule has 0 radical (unpaired) electrons. The molecule has 0 aromatic rings. The summed E-state index contributed by atoms with van der Waals surface area (Å²) in [5, 5.41) is 0. The summed E-state index contributed by atoms with van der Waals surface area (Å²) in [7, 11) is 0. The van der Waals surface area contributed by atoms with Crippen LogP contribution in [0.25, 0.3) is 0 Å². The zero-order valence-electron chi connectivity index (χ0n) is 4.75. The highest BCUT2D eigenvalue weighted by molar-refractivity contribution is 9.49. The van der Waals surface area contributed by atoms with Crippen molar-refractivity contribution >= 4 is 36.6 Å². The fourth-order valence-electron chi connectivity index (χ4n) is 0.218. The Morgan fingerprint density at radius 2 is 2.17 bits per heavy atom. The zero-order chi connectivity index (χ0) is 4.99. The Balaban J connectivity index is 0. The van der Waals surface area contributed by atoms with E-state index in [-0.39, 0.29) is 1.43 Å². The summed E-state index contributed by atoms with van der Waals surface area (Å²) in [6, 6.07) is 0.802. The van der Waals surface area contributed by atoms with Crippen LogP contribution >= 0.6 is 30.6 Å². The van der Waals surface area contributed by atoms with Crippen molar-refractivity contribution in [2.75, 3.05) is 0 Å². The van der Waals surface area contributed by atoms with Crippen molar-refractivity contribution in [2.45, 2.75) is 19.4 Å². The fraction of sp³-hybridized carbons (Fsp3) is 1.00. The molecule has 0 unspecified atom stereocenters. The van der Waals surface area contributed by atoms with Gasteiger partial charge in [-0.15, -0.1) is 30.6 Å². The van der Waals surface area contributed by atoms with E-state index < -0.39 is 6.04 Å². The Hall–Kier alpha value is 1.18. The molecule has 0 bridgehead atoms. The minimum absolute atomic E-state index is 0. The molecule has 0 fully saturated rings. The second kappa shape index (κ2) is 4.34. The number of rotatable bonds is 2. The van der Waals surface area contributed by atoms with Crippen LogP contribution in [0, 0.1) is 0 Å². The van der Waals surface area contributed by atoms with Gasteiger partial charge in [-0.25, -0.2) is 0 Å². The molecule has 38 valence electrons. The second-order valence-corrected chi connectivity index (χ2v) is 12.9. The first kappa shape index (κ1) is 7.18. The monoisotopic (exact) mass is 231 g/mol. The highest BCUT2D eigenvalue weighted by Gasteiger charge is 1.93. The van der Waals surface area contributed by atoms with E-state index in [1.165, 1.54) is 12.5 Å². The van der Waals surface area contributed by atoms with Gasteiger partial charge in [0, 0.05) is 0 Å². The molecule has 0 rings (SSSR count). The zero-order valence-corrected chi connectivity index (χ0v) is 8.07. The Kier molecular flexibility index (Phi) is 5.19. The first-order chi connectivity index (χ1) is 2.77. The van der Waals surface area contributed by atoms with Crippen molar-refractivity contribution < 1.29 is 1.43 Å². The number of halogens is 2. The van der Waals surface area contributed by atoms with Crippen molar-refractivity contribution in [3.05, 3.63) is 0 Å². The van der Waals surface area contributed by atoms with Crippen LogP contribution in [0.1, 0.15) is 14.8 Å². The molecule has 0 spiro atoms. The van der Waals surface area contributed by atoms with Crippen LogP contribution in [-0.4, -0.2) is 6.04 Å². The minimum Gasteiger partial charge on any atom is -0.116 e. The minimum atomic E-state index is -0.546. The predicted octanol–water partition coefficient (Wildman–Crippen LogP) is 2.52. The van der Waals surface area contributed by atoms with Crippen LogP contribution in [0.2, 0.25) is 6.04 Å².